The summed E-state index contributed by atoms with van der Waals surface area (Å²) >= 11 is 0. The number of allylic oxidation sites excluding steroid dienone is 3. The molecule has 0 heterocycles. The van der Waals surface area contributed by atoms with Gasteiger partial charge in [-0.05, 0) is 98.4 Å². The van der Waals surface area contributed by atoms with Crippen LogP contribution in [-0.2, 0) is 60.9 Å². The third-order valence-corrected chi connectivity index (χ3v) is 12.0. The molecule has 334 valence electrons. The molecule has 2 atom stereocenters. The van der Waals surface area contributed by atoms with Gasteiger partial charge in [-0.25, -0.2) is 22.8 Å². The maximum absolute atomic E-state index is 13.5. The van der Waals surface area contributed by atoms with Crippen molar-refractivity contribution in [1.29, 1.82) is 0 Å². The fourth-order valence-electron chi connectivity index (χ4n) is 6.72. The summed E-state index contributed by atoms with van der Waals surface area (Å²) in [4.78, 5) is 74.1. The topological polar surface area (TPSA) is 218 Å². The van der Waals surface area contributed by atoms with Crippen molar-refractivity contribution in [3.63, 3.8) is 0 Å². The van der Waals surface area contributed by atoms with Crippen LogP contribution in [0.5, 0.6) is 11.5 Å². The summed E-state index contributed by atoms with van der Waals surface area (Å²) in [6.45, 7) is 17.1. The number of carbonyl (C=O) groups excluding carboxylic acids is 6. The van der Waals surface area contributed by atoms with Crippen LogP contribution in [0.25, 0.3) is 0 Å². The Morgan fingerprint density at radius 3 is 1.89 bits per heavy atom. The molecule has 2 unspecified atom stereocenters. The van der Waals surface area contributed by atoms with Gasteiger partial charge in [-0.2, -0.15) is 0 Å². The van der Waals surface area contributed by atoms with Crippen LogP contribution in [-0.4, -0.2) is 82.1 Å². The number of esters is 3. The minimum atomic E-state index is -3.98. The van der Waals surface area contributed by atoms with E-state index in [-0.39, 0.29) is 103 Å². The summed E-state index contributed by atoms with van der Waals surface area (Å²) in [5.41, 5.74) is -0.428. The van der Waals surface area contributed by atoms with Gasteiger partial charge in [0.25, 0.3) is 0 Å². The highest BCUT2D eigenvalue weighted by Crippen LogP contribution is 2.32. The Kier molecular flexibility index (Phi) is 20.1. The first kappa shape index (κ1) is 50.1. The molecule has 15 nitrogen and oxygen atoms in total. The van der Waals surface area contributed by atoms with Crippen molar-refractivity contribution in [2.24, 2.45) is 17.3 Å². The number of phenolic OH excluding ortho intramolecular Hbond substituents is 1. The molecule has 0 aromatic heterocycles. The van der Waals surface area contributed by atoms with E-state index >= 15 is 0 Å². The SMILES string of the molecule is C=CCc1cc(S(=O)(=O)c2ccc(OC(=O)NCC3CCCC(CNC(=O)CCC(=O)OCC(CCC(=O)C=C)(COC(=O)C=C)COC(=O)C=C)C3)c(CC=C)c2)ccc1O. The monoisotopic (exact) mass is 876 g/mol. The first-order valence-electron chi connectivity index (χ1n) is 20.1. The summed E-state index contributed by atoms with van der Waals surface area (Å²) in [5.74, 6) is -2.62. The van der Waals surface area contributed by atoms with Gasteiger partial charge in [0.15, 0.2) is 5.78 Å². The molecular formula is C46H56N2O13S. The van der Waals surface area contributed by atoms with Crippen molar-refractivity contribution in [3.05, 3.63) is 111 Å². The Hall–Kier alpha value is -6.29. The van der Waals surface area contributed by atoms with Crippen LogP contribution in [0.1, 0.15) is 62.5 Å². The zero-order valence-corrected chi connectivity index (χ0v) is 35.7. The lowest BCUT2D eigenvalue weighted by Gasteiger charge is -2.31. The second-order valence-electron chi connectivity index (χ2n) is 15.0. The number of hydrogen-bond acceptors (Lipinski definition) is 13. The lowest BCUT2D eigenvalue weighted by Crippen LogP contribution is -2.40. The number of aromatic hydroxyl groups is 1. The number of benzene rings is 2. The van der Waals surface area contributed by atoms with E-state index in [1.54, 1.807) is 12.2 Å². The van der Waals surface area contributed by atoms with Crippen LogP contribution in [0.15, 0.2) is 109 Å². The van der Waals surface area contributed by atoms with E-state index in [0.717, 1.165) is 37.5 Å². The molecule has 0 aliphatic heterocycles. The second kappa shape index (κ2) is 24.8. The van der Waals surface area contributed by atoms with Crippen molar-refractivity contribution in [3.8, 4) is 11.5 Å². The average Bonchev–Trinajstić information content (AvgIpc) is 3.27. The Morgan fingerprint density at radius 2 is 1.29 bits per heavy atom. The minimum absolute atomic E-state index is 0.00168. The predicted octanol–water partition coefficient (Wildman–Crippen LogP) is 6.00. The zero-order chi connectivity index (χ0) is 45.7. The lowest BCUT2D eigenvalue weighted by atomic mass is 9.81. The molecule has 2 amide bonds. The number of ether oxygens (including phenoxy) is 4. The fraction of sp³-hybridized carbons (Fsp3) is 0.391. The molecule has 1 saturated carbocycles. The van der Waals surface area contributed by atoms with Gasteiger partial charge in [0.05, 0.1) is 21.6 Å². The van der Waals surface area contributed by atoms with E-state index in [4.69, 9.17) is 18.9 Å². The Morgan fingerprint density at radius 1 is 0.726 bits per heavy atom. The molecule has 0 spiro atoms. The quantitative estimate of drug-likeness (QED) is 0.0429. The number of hydrogen-bond donors (Lipinski definition) is 3. The molecule has 0 saturated heterocycles. The molecule has 1 fully saturated rings. The van der Waals surface area contributed by atoms with E-state index in [2.05, 4.69) is 43.5 Å². The van der Waals surface area contributed by atoms with E-state index in [1.165, 1.54) is 36.4 Å². The molecule has 1 aliphatic carbocycles. The Labute approximate surface area is 362 Å². The number of nitrogens with one attached hydrogen (secondary N) is 2. The molecule has 16 heteroatoms. The highest BCUT2D eigenvalue weighted by molar-refractivity contribution is 7.91. The number of rotatable bonds is 26. The molecule has 62 heavy (non-hydrogen) atoms. The van der Waals surface area contributed by atoms with Gasteiger partial charge in [0, 0.05) is 43.6 Å². The van der Waals surface area contributed by atoms with Crippen molar-refractivity contribution in [2.75, 3.05) is 32.9 Å². The molecule has 0 bridgehead atoms. The Bertz CT molecular complexity index is 2050. The number of sulfone groups is 1. The van der Waals surface area contributed by atoms with Crippen molar-refractivity contribution in [2.45, 2.75) is 74.0 Å². The van der Waals surface area contributed by atoms with Crippen molar-refractivity contribution in [1.82, 2.24) is 10.6 Å². The Balaban J connectivity index is 1.50. The van der Waals surface area contributed by atoms with Crippen molar-refractivity contribution < 1.29 is 61.2 Å². The first-order chi connectivity index (χ1) is 29.6. The summed E-state index contributed by atoms with van der Waals surface area (Å²) in [6.07, 6.45) is 8.71. The number of phenols is 1. The highest BCUT2D eigenvalue weighted by atomic mass is 32.2. The fourth-order valence-corrected chi connectivity index (χ4v) is 8.09. The number of ketones is 1. The van der Waals surface area contributed by atoms with Crippen LogP contribution in [0.4, 0.5) is 4.79 Å². The molecule has 2 aromatic rings. The smallest absolute Gasteiger partial charge is 0.412 e. The van der Waals surface area contributed by atoms with Crippen LogP contribution >= 0.6 is 0 Å². The first-order valence-corrected chi connectivity index (χ1v) is 21.6. The van der Waals surface area contributed by atoms with Crippen LogP contribution in [0.2, 0.25) is 0 Å². The highest BCUT2D eigenvalue weighted by Gasteiger charge is 2.36. The summed E-state index contributed by atoms with van der Waals surface area (Å²) < 4.78 is 48.4. The molecule has 3 N–H and O–H groups in total. The molecule has 2 aromatic carbocycles. The van der Waals surface area contributed by atoms with Crippen molar-refractivity contribution >= 4 is 45.5 Å². The van der Waals surface area contributed by atoms with Gasteiger partial charge in [0.1, 0.15) is 31.3 Å². The third-order valence-electron chi connectivity index (χ3n) is 10.2. The van der Waals surface area contributed by atoms with Gasteiger partial charge in [-0.3, -0.25) is 14.4 Å². The minimum Gasteiger partial charge on any atom is -0.508 e. The van der Waals surface area contributed by atoms with E-state index < -0.39 is 39.3 Å². The lowest BCUT2D eigenvalue weighted by molar-refractivity contribution is -0.159. The van der Waals surface area contributed by atoms with Crippen LogP contribution < -0.4 is 15.4 Å². The zero-order valence-electron chi connectivity index (χ0n) is 34.9. The van der Waals surface area contributed by atoms with Gasteiger partial charge < -0.3 is 34.7 Å². The molecular weight excluding hydrogens is 821 g/mol. The predicted molar refractivity (Wildman–Crippen MR) is 230 cm³/mol. The molecule has 1 aliphatic rings. The normalized spacial score (nSPS) is 14.8. The summed E-state index contributed by atoms with van der Waals surface area (Å²) in [7, 11) is -3.98. The molecule has 3 rings (SSSR count). The standard InChI is InChI=1S/C46H56N2O13S/c1-6-12-34-25-37(16-18-39(34)50)62(56,57)38-17-19-40(35(26-38)13-7-2)61-45(55)48-28-33-15-11-14-32(24-33)27-47-41(51)20-21-44(54)60-31-46(23-22-36(49)8-3,29-58-42(52)9-4)30-59-43(53)10-5/h6-10,16-19,25-26,32-33,50H,1-5,11-15,20-24,27-31H2,(H,47,51)(H,48,55). The van der Waals surface area contributed by atoms with E-state index in [1.807, 2.05) is 0 Å². The van der Waals surface area contributed by atoms with Gasteiger partial charge in [-0.15, -0.1) is 13.2 Å². The summed E-state index contributed by atoms with van der Waals surface area (Å²) in [5, 5.41) is 15.8. The van der Waals surface area contributed by atoms with Crippen LogP contribution in [0.3, 0.4) is 0 Å². The maximum Gasteiger partial charge on any atom is 0.412 e. The number of amides is 2. The van der Waals surface area contributed by atoms with Gasteiger partial charge in [-0.1, -0.05) is 38.3 Å². The van der Waals surface area contributed by atoms with Crippen LogP contribution in [0, 0.1) is 17.3 Å². The van der Waals surface area contributed by atoms with Gasteiger partial charge >= 0.3 is 24.0 Å². The second-order valence-corrected chi connectivity index (χ2v) is 16.9. The third kappa shape index (κ3) is 16.0. The van der Waals surface area contributed by atoms with E-state index in [9.17, 15) is 42.3 Å². The average molecular weight is 877 g/mol. The summed E-state index contributed by atoms with van der Waals surface area (Å²) in [6, 6.07) is 8.26. The largest absolute Gasteiger partial charge is 0.508 e. The molecule has 0 radical (unpaired) electrons. The van der Waals surface area contributed by atoms with E-state index in [0.29, 0.717) is 30.6 Å². The van der Waals surface area contributed by atoms with Gasteiger partial charge in [0.2, 0.25) is 15.7 Å². The number of carbonyl (C=O) groups is 6. The maximum atomic E-state index is 13.5.